The van der Waals surface area contributed by atoms with Gasteiger partial charge in [0.2, 0.25) is 0 Å². The Bertz CT molecular complexity index is 1070. The number of ether oxygens (including phenoxy) is 1. The molecular formula is C20H20N4O4. The summed E-state index contributed by atoms with van der Waals surface area (Å²) in [5.41, 5.74) is 1.23. The molecule has 28 heavy (non-hydrogen) atoms. The molecule has 8 nitrogen and oxygen atoms in total. The zero-order valence-electron chi connectivity index (χ0n) is 15.7. The summed E-state index contributed by atoms with van der Waals surface area (Å²) in [6, 6.07) is 14.6. The number of methoxy groups -OCH3 is 1. The monoisotopic (exact) mass is 380 g/mol. The van der Waals surface area contributed by atoms with Crippen LogP contribution in [0.3, 0.4) is 0 Å². The van der Waals surface area contributed by atoms with Crippen LogP contribution in [-0.2, 0) is 7.05 Å². The molecule has 0 atom stereocenters. The molecule has 2 N–H and O–H groups in total. The summed E-state index contributed by atoms with van der Waals surface area (Å²) in [7, 11) is 3.24. The molecule has 1 heterocycles. The van der Waals surface area contributed by atoms with Crippen molar-refractivity contribution in [2.24, 2.45) is 7.05 Å². The topological polar surface area (TPSA) is 94.4 Å². The van der Waals surface area contributed by atoms with Gasteiger partial charge in [0.1, 0.15) is 11.4 Å². The van der Waals surface area contributed by atoms with Crippen molar-refractivity contribution in [2.45, 2.75) is 6.92 Å². The molecule has 0 fully saturated rings. The number of rotatable bonds is 4. The smallest absolute Gasteiger partial charge is 0.326 e. The van der Waals surface area contributed by atoms with Crippen LogP contribution in [0.5, 0.6) is 5.75 Å². The fourth-order valence-corrected chi connectivity index (χ4v) is 2.77. The zero-order valence-corrected chi connectivity index (χ0v) is 15.7. The number of para-hydroxylation sites is 1. The van der Waals surface area contributed by atoms with Crippen molar-refractivity contribution >= 4 is 17.6 Å². The van der Waals surface area contributed by atoms with Crippen molar-refractivity contribution in [1.82, 2.24) is 14.7 Å². The number of imide groups is 1. The second-order valence-corrected chi connectivity index (χ2v) is 6.07. The van der Waals surface area contributed by atoms with Gasteiger partial charge in [-0.25, -0.2) is 9.48 Å². The van der Waals surface area contributed by atoms with Crippen molar-refractivity contribution in [3.05, 3.63) is 76.2 Å². The van der Waals surface area contributed by atoms with Gasteiger partial charge in [-0.1, -0.05) is 18.2 Å². The molecule has 0 aliphatic heterocycles. The fraction of sp³-hybridized carbons (Fsp3) is 0.150. The Labute approximate surface area is 161 Å². The van der Waals surface area contributed by atoms with Crippen LogP contribution in [0.1, 0.15) is 16.1 Å². The molecule has 0 spiro atoms. The van der Waals surface area contributed by atoms with Gasteiger partial charge in [-0.05, 0) is 43.3 Å². The summed E-state index contributed by atoms with van der Waals surface area (Å²) in [4.78, 5) is 37.2. The predicted octanol–water partition coefficient (Wildman–Crippen LogP) is 2.45. The van der Waals surface area contributed by atoms with Crippen molar-refractivity contribution < 1.29 is 14.3 Å². The molecule has 8 heteroatoms. The first kappa shape index (κ1) is 19.0. The zero-order chi connectivity index (χ0) is 20.3. The van der Waals surface area contributed by atoms with Gasteiger partial charge >= 0.3 is 6.03 Å². The average Bonchev–Trinajstić information content (AvgIpc) is 2.92. The molecule has 0 unspecified atom stereocenters. The molecule has 1 aromatic heterocycles. The Hall–Kier alpha value is -3.81. The highest BCUT2D eigenvalue weighted by atomic mass is 16.5. The Morgan fingerprint density at radius 1 is 1.00 bits per heavy atom. The second kappa shape index (κ2) is 7.83. The van der Waals surface area contributed by atoms with Gasteiger partial charge in [0, 0.05) is 12.6 Å². The van der Waals surface area contributed by atoms with Crippen LogP contribution in [-0.4, -0.2) is 28.4 Å². The van der Waals surface area contributed by atoms with Crippen LogP contribution in [0.2, 0.25) is 0 Å². The van der Waals surface area contributed by atoms with Crippen LogP contribution in [0.15, 0.2) is 59.4 Å². The van der Waals surface area contributed by atoms with E-state index in [0.29, 0.717) is 22.7 Å². The highest BCUT2D eigenvalue weighted by Crippen LogP contribution is 2.14. The normalized spacial score (nSPS) is 10.4. The molecule has 0 aliphatic rings. The van der Waals surface area contributed by atoms with E-state index in [9.17, 15) is 14.4 Å². The quantitative estimate of drug-likeness (QED) is 0.727. The lowest BCUT2D eigenvalue weighted by atomic mass is 10.2. The Kier molecular flexibility index (Phi) is 5.30. The first-order valence-electron chi connectivity index (χ1n) is 8.52. The molecule has 0 aliphatic carbocycles. The molecule has 0 radical (unpaired) electrons. The van der Waals surface area contributed by atoms with E-state index < -0.39 is 17.5 Å². The van der Waals surface area contributed by atoms with E-state index in [-0.39, 0.29) is 5.69 Å². The van der Waals surface area contributed by atoms with Gasteiger partial charge in [0.25, 0.3) is 11.5 Å². The minimum atomic E-state index is -0.785. The Morgan fingerprint density at radius 3 is 2.25 bits per heavy atom. The number of carbonyl (C=O) groups excluding carboxylic acids is 2. The number of carbonyl (C=O) groups is 2. The van der Waals surface area contributed by atoms with Gasteiger partial charge < -0.3 is 10.1 Å². The number of urea groups is 1. The Morgan fingerprint density at radius 2 is 1.64 bits per heavy atom. The van der Waals surface area contributed by atoms with Gasteiger partial charge in [0.15, 0.2) is 0 Å². The van der Waals surface area contributed by atoms with Crippen LogP contribution >= 0.6 is 0 Å². The highest BCUT2D eigenvalue weighted by Gasteiger charge is 2.19. The second-order valence-electron chi connectivity index (χ2n) is 6.07. The number of amides is 3. The van der Waals surface area contributed by atoms with Crippen LogP contribution in [0, 0.1) is 6.92 Å². The van der Waals surface area contributed by atoms with Gasteiger partial charge in [-0.15, -0.1) is 0 Å². The summed E-state index contributed by atoms with van der Waals surface area (Å²) in [6.07, 6.45) is 0. The van der Waals surface area contributed by atoms with E-state index in [0.717, 1.165) is 0 Å². The van der Waals surface area contributed by atoms with Crippen molar-refractivity contribution in [3.63, 3.8) is 0 Å². The third kappa shape index (κ3) is 3.66. The van der Waals surface area contributed by atoms with Crippen molar-refractivity contribution in [2.75, 3.05) is 12.4 Å². The molecule has 0 saturated carbocycles. The lowest BCUT2D eigenvalue weighted by Gasteiger charge is -2.07. The van der Waals surface area contributed by atoms with Crippen LogP contribution in [0.25, 0.3) is 5.69 Å². The SMILES string of the molecule is COc1ccc(C(=O)NC(=O)Nc2c(C)n(C)n(-c3ccccc3)c2=O)cc1. The predicted molar refractivity (Wildman–Crippen MR) is 105 cm³/mol. The van der Waals surface area contributed by atoms with E-state index in [1.165, 1.54) is 23.9 Å². The summed E-state index contributed by atoms with van der Waals surface area (Å²) in [5.74, 6) is 0.0134. The van der Waals surface area contributed by atoms with Crippen LogP contribution in [0.4, 0.5) is 10.5 Å². The minimum absolute atomic E-state index is 0.103. The third-order valence-electron chi connectivity index (χ3n) is 4.37. The van der Waals surface area contributed by atoms with E-state index in [2.05, 4.69) is 10.6 Å². The first-order chi connectivity index (χ1) is 13.4. The summed E-state index contributed by atoms with van der Waals surface area (Å²) < 4.78 is 8.11. The highest BCUT2D eigenvalue weighted by molar-refractivity contribution is 6.08. The lowest BCUT2D eigenvalue weighted by molar-refractivity contribution is 0.0967. The summed E-state index contributed by atoms with van der Waals surface area (Å²) in [5, 5.41) is 4.70. The minimum Gasteiger partial charge on any atom is -0.497 e. The van der Waals surface area contributed by atoms with E-state index in [4.69, 9.17) is 4.74 Å². The number of hydrogen-bond donors (Lipinski definition) is 2. The number of anilines is 1. The molecule has 3 aromatic rings. The van der Waals surface area contributed by atoms with Gasteiger partial charge in [-0.3, -0.25) is 19.6 Å². The third-order valence-corrected chi connectivity index (χ3v) is 4.37. The van der Waals surface area contributed by atoms with Crippen molar-refractivity contribution in [1.29, 1.82) is 0 Å². The van der Waals surface area contributed by atoms with Gasteiger partial charge in [0.05, 0.1) is 18.5 Å². The average molecular weight is 380 g/mol. The van der Waals surface area contributed by atoms with E-state index >= 15 is 0 Å². The number of hydrogen-bond acceptors (Lipinski definition) is 4. The largest absolute Gasteiger partial charge is 0.497 e. The fourth-order valence-electron chi connectivity index (χ4n) is 2.77. The molecular weight excluding hydrogens is 360 g/mol. The Balaban J connectivity index is 1.79. The standard InChI is InChI=1S/C20H20N4O4/c1-13-17(19(26)24(23(13)2)15-7-5-4-6-8-15)21-20(27)22-18(25)14-9-11-16(28-3)12-10-14/h4-12H,1-3H3,(H2,21,22,25,27). The maximum atomic E-state index is 12.8. The maximum Gasteiger partial charge on any atom is 0.326 e. The molecule has 2 aromatic carbocycles. The van der Waals surface area contributed by atoms with Crippen molar-refractivity contribution in [3.8, 4) is 11.4 Å². The number of aromatic nitrogens is 2. The van der Waals surface area contributed by atoms with E-state index in [1.807, 2.05) is 18.2 Å². The van der Waals surface area contributed by atoms with E-state index in [1.54, 1.807) is 42.9 Å². The molecule has 144 valence electrons. The van der Waals surface area contributed by atoms with Crippen LogP contribution < -0.4 is 20.9 Å². The lowest BCUT2D eigenvalue weighted by Crippen LogP contribution is -2.35. The maximum absolute atomic E-state index is 12.8. The summed E-state index contributed by atoms with van der Waals surface area (Å²) >= 11 is 0. The molecule has 3 rings (SSSR count). The number of nitrogens with one attached hydrogen (secondary N) is 2. The summed E-state index contributed by atoms with van der Waals surface area (Å²) in [6.45, 7) is 1.71. The number of nitrogens with zero attached hydrogens (tertiary/aromatic N) is 2. The molecule has 0 bridgehead atoms. The van der Waals surface area contributed by atoms with Gasteiger partial charge in [-0.2, -0.15) is 0 Å². The number of benzene rings is 2. The first-order valence-corrected chi connectivity index (χ1v) is 8.52. The molecule has 3 amide bonds. The molecule has 0 saturated heterocycles.